The van der Waals surface area contributed by atoms with Gasteiger partial charge in [-0.1, -0.05) is 19.9 Å². The second-order valence-corrected chi connectivity index (χ2v) is 5.59. The molecule has 0 spiro atoms. The van der Waals surface area contributed by atoms with Gasteiger partial charge in [-0.2, -0.15) is 0 Å². The highest BCUT2D eigenvalue weighted by atomic mass is 16.6. The largest absolute Gasteiger partial charge is 0.486 e. The molecule has 0 fully saturated rings. The summed E-state index contributed by atoms with van der Waals surface area (Å²) < 4.78 is 16.6. The minimum atomic E-state index is 0.242. The highest BCUT2D eigenvalue weighted by molar-refractivity contribution is 5.44. The summed E-state index contributed by atoms with van der Waals surface area (Å²) in [7, 11) is 0. The third-order valence-corrected chi connectivity index (χ3v) is 3.67. The monoisotopic (exact) mass is 287 g/mol. The first-order valence-corrected chi connectivity index (χ1v) is 7.39. The zero-order valence-electron chi connectivity index (χ0n) is 12.5. The lowest BCUT2D eigenvalue weighted by atomic mass is 9.95. The number of fused-ring (bicyclic) bond motifs is 1. The molecular formula is C17H21NO3. The molecule has 1 aliphatic rings. The smallest absolute Gasteiger partial charge is 0.161 e. The SMILES string of the molecule is CC(C)C(NCc1ccco1)c1ccc2c(c1)OCCO2. The van der Waals surface area contributed by atoms with Gasteiger partial charge in [-0.3, -0.25) is 0 Å². The van der Waals surface area contributed by atoms with Crippen molar-refractivity contribution in [3.8, 4) is 11.5 Å². The van der Waals surface area contributed by atoms with E-state index < -0.39 is 0 Å². The van der Waals surface area contributed by atoms with Crippen LogP contribution >= 0.6 is 0 Å². The van der Waals surface area contributed by atoms with Crippen LogP contribution in [0.4, 0.5) is 0 Å². The molecule has 4 heteroatoms. The van der Waals surface area contributed by atoms with Crippen LogP contribution in [-0.4, -0.2) is 13.2 Å². The second kappa shape index (κ2) is 6.22. The maximum Gasteiger partial charge on any atom is 0.161 e. The van der Waals surface area contributed by atoms with Gasteiger partial charge in [-0.15, -0.1) is 0 Å². The fourth-order valence-electron chi connectivity index (χ4n) is 2.62. The molecule has 112 valence electrons. The van der Waals surface area contributed by atoms with E-state index in [4.69, 9.17) is 13.9 Å². The number of furan rings is 1. The number of hydrogen-bond acceptors (Lipinski definition) is 4. The Morgan fingerprint density at radius 1 is 1.10 bits per heavy atom. The van der Waals surface area contributed by atoms with Crippen LogP contribution in [0.3, 0.4) is 0 Å². The lowest BCUT2D eigenvalue weighted by Crippen LogP contribution is -2.25. The minimum absolute atomic E-state index is 0.242. The Balaban J connectivity index is 1.76. The van der Waals surface area contributed by atoms with Crippen LogP contribution in [0, 0.1) is 5.92 Å². The molecule has 1 aromatic carbocycles. The summed E-state index contributed by atoms with van der Waals surface area (Å²) in [5.74, 6) is 3.07. The van der Waals surface area contributed by atoms with Gasteiger partial charge in [-0.05, 0) is 35.7 Å². The van der Waals surface area contributed by atoms with Crippen molar-refractivity contribution in [1.29, 1.82) is 0 Å². The molecule has 0 amide bonds. The highest BCUT2D eigenvalue weighted by Crippen LogP contribution is 2.34. The van der Waals surface area contributed by atoms with Crippen molar-refractivity contribution in [1.82, 2.24) is 5.32 Å². The predicted octanol–water partition coefficient (Wildman–Crippen LogP) is 3.54. The summed E-state index contributed by atoms with van der Waals surface area (Å²) in [6.07, 6.45) is 1.70. The van der Waals surface area contributed by atoms with E-state index in [1.165, 1.54) is 5.56 Å². The fourth-order valence-corrected chi connectivity index (χ4v) is 2.62. The first-order chi connectivity index (χ1) is 10.2. The third kappa shape index (κ3) is 3.22. The summed E-state index contributed by atoms with van der Waals surface area (Å²) in [5.41, 5.74) is 1.21. The van der Waals surface area contributed by atoms with E-state index in [9.17, 15) is 0 Å². The van der Waals surface area contributed by atoms with Gasteiger partial charge >= 0.3 is 0 Å². The van der Waals surface area contributed by atoms with E-state index in [2.05, 4.69) is 31.3 Å². The van der Waals surface area contributed by atoms with E-state index >= 15 is 0 Å². The van der Waals surface area contributed by atoms with E-state index in [0.717, 1.165) is 17.3 Å². The van der Waals surface area contributed by atoms with Crippen molar-refractivity contribution < 1.29 is 13.9 Å². The average molecular weight is 287 g/mol. The quantitative estimate of drug-likeness (QED) is 0.913. The van der Waals surface area contributed by atoms with Crippen molar-refractivity contribution in [3.63, 3.8) is 0 Å². The Morgan fingerprint density at radius 2 is 1.90 bits per heavy atom. The molecule has 0 saturated carbocycles. The lowest BCUT2D eigenvalue weighted by Gasteiger charge is -2.25. The van der Waals surface area contributed by atoms with Crippen molar-refractivity contribution in [2.24, 2.45) is 5.92 Å². The van der Waals surface area contributed by atoms with Gasteiger partial charge in [0.2, 0.25) is 0 Å². The molecule has 0 saturated heterocycles. The first kappa shape index (κ1) is 14.0. The van der Waals surface area contributed by atoms with Crippen molar-refractivity contribution in [3.05, 3.63) is 47.9 Å². The molecule has 21 heavy (non-hydrogen) atoms. The maximum atomic E-state index is 5.67. The van der Waals surface area contributed by atoms with E-state index in [-0.39, 0.29) is 6.04 Å². The number of hydrogen-bond donors (Lipinski definition) is 1. The molecule has 1 atom stereocenters. The van der Waals surface area contributed by atoms with E-state index in [1.54, 1.807) is 6.26 Å². The topological polar surface area (TPSA) is 43.6 Å². The molecule has 1 aliphatic heterocycles. The van der Waals surface area contributed by atoms with Crippen molar-refractivity contribution in [2.45, 2.75) is 26.4 Å². The van der Waals surface area contributed by atoms with Crippen LogP contribution in [0.2, 0.25) is 0 Å². The van der Waals surface area contributed by atoms with E-state index in [1.807, 2.05) is 18.2 Å². The number of ether oxygens (including phenoxy) is 2. The minimum Gasteiger partial charge on any atom is -0.486 e. The molecular weight excluding hydrogens is 266 g/mol. The van der Waals surface area contributed by atoms with Crippen molar-refractivity contribution >= 4 is 0 Å². The maximum absolute atomic E-state index is 5.67. The van der Waals surface area contributed by atoms with Gasteiger partial charge in [0, 0.05) is 6.04 Å². The van der Waals surface area contributed by atoms with E-state index in [0.29, 0.717) is 25.7 Å². The summed E-state index contributed by atoms with van der Waals surface area (Å²) in [6.45, 7) is 6.36. The summed E-state index contributed by atoms with van der Waals surface area (Å²) in [5, 5.41) is 3.55. The molecule has 2 heterocycles. The Hall–Kier alpha value is -1.94. The first-order valence-electron chi connectivity index (χ1n) is 7.39. The van der Waals surface area contributed by atoms with Crippen LogP contribution in [0.25, 0.3) is 0 Å². The number of rotatable bonds is 5. The summed E-state index contributed by atoms with van der Waals surface area (Å²) >= 11 is 0. The fraction of sp³-hybridized carbons (Fsp3) is 0.412. The van der Waals surface area contributed by atoms with Gasteiger partial charge in [-0.25, -0.2) is 0 Å². The average Bonchev–Trinajstić information content (AvgIpc) is 3.00. The van der Waals surface area contributed by atoms with Crippen LogP contribution in [-0.2, 0) is 6.54 Å². The van der Waals surface area contributed by atoms with Crippen LogP contribution in [0.1, 0.15) is 31.2 Å². The summed E-state index contributed by atoms with van der Waals surface area (Å²) in [6, 6.07) is 10.3. The Kier molecular flexibility index (Phi) is 4.15. The zero-order chi connectivity index (χ0) is 14.7. The van der Waals surface area contributed by atoms with Crippen LogP contribution in [0.15, 0.2) is 41.0 Å². The van der Waals surface area contributed by atoms with Gasteiger partial charge in [0.15, 0.2) is 11.5 Å². The Morgan fingerprint density at radius 3 is 2.62 bits per heavy atom. The number of nitrogens with one attached hydrogen (secondary N) is 1. The van der Waals surface area contributed by atoms with Gasteiger partial charge in [0.1, 0.15) is 19.0 Å². The van der Waals surface area contributed by atoms with Gasteiger partial charge in [0.05, 0.1) is 12.8 Å². The van der Waals surface area contributed by atoms with Crippen LogP contribution < -0.4 is 14.8 Å². The third-order valence-electron chi connectivity index (χ3n) is 3.67. The molecule has 1 unspecified atom stereocenters. The van der Waals surface area contributed by atoms with Gasteiger partial charge in [0.25, 0.3) is 0 Å². The molecule has 2 aromatic rings. The second-order valence-electron chi connectivity index (χ2n) is 5.59. The molecule has 0 aliphatic carbocycles. The molecule has 0 bridgehead atoms. The lowest BCUT2D eigenvalue weighted by molar-refractivity contribution is 0.171. The summed E-state index contributed by atoms with van der Waals surface area (Å²) in [4.78, 5) is 0. The standard InChI is InChI=1S/C17H21NO3/c1-12(2)17(18-11-14-4-3-7-19-14)13-5-6-15-16(10-13)21-9-8-20-15/h3-7,10,12,17-18H,8-9,11H2,1-2H3. The molecule has 4 nitrogen and oxygen atoms in total. The molecule has 1 N–H and O–H groups in total. The Bertz CT molecular complexity index is 578. The van der Waals surface area contributed by atoms with Crippen molar-refractivity contribution in [2.75, 3.05) is 13.2 Å². The molecule has 3 rings (SSSR count). The van der Waals surface area contributed by atoms with Crippen LogP contribution in [0.5, 0.6) is 11.5 Å². The zero-order valence-corrected chi connectivity index (χ0v) is 12.5. The molecule has 0 radical (unpaired) electrons. The highest BCUT2D eigenvalue weighted by Gasteiger charge is 2.19. The predicted molar refractivity (Wildman–Crippen MR) is 80.6 cm³/mol. The van der Waals surface area contributed by atoms with Gasteiger partial charge < -0.3 is 19.2 Å². The Labute approximate surface area is 125 Å². The molecule has 1 aromatic heterocycles. The normalized spacial score (nSPS) is 15.2. The number of benzene rings is 1.